The largest absolute Gasteiger partial charge is 0.389 e. The van der Waals surface area contributed by atoms with E-state index in [4.69, 9.17) is 5.73 Å². The van der Waals surface area contributed by atoms with Gasteiger partial charge in [-0.15, -0.1) is 0 Å². The summed E-state index contributed by atoms with van der Waals surface area (Å²) < 4.78 is 0. The molecular weight excluding hydrogens is 138 g/mol. The van der Waals surface area contributed by atoms with Gasteiger partial charge in [0.15, 0.2) is 0 Å². The average molecular weight is 159 g/mol. The van der Waals surface area contributed by atoms with Crippen LogP contribution in [0.25, 0.3) is 0 Å². The zero-order chi connectivity index (χ0) is 8.91. The van der Waals surface area contributed by atoms with Gasteiger partial charge in [-0.1, -0.05) is 26.7 Å². The molecule has 2 heteroatoms. The van der Waals surface area contributed by atoms with E-state index in [0.717, 1.165) is 19.3 Å². The molecule has 0 radical (unpaired) electrons. The molecule has 2 nitrogen and oxygen atoms in total. The minimum atomic E-state index is -0.656. The van der Waals surface area contributed by atoms with E-state index in [2.05, 4.69) is 13.8 Å². The van der Waals surface area contributed by atoms with Gasteiger partial charge in [-0.3, -0.25) is 0 Å². The Bertz CT molecular complexity index is 97.7. The van der Waals surface area contributed by atoms with Crippen molar-refractivity contribution in [1.29, 1.82) is 0 Å². The van der Waals surface area contributed by atoms with Crippen molar-refractivity contribution in [3.05, 3.63) is 0 Å². The maximum absolute atomic E-state index is 9.63. The van der Waals surface area contributed by atoms with Crippen LogP contribution in [-0.4, -0.2) is 17.3 Å². The predicted octanol–water partition coefficient (Wildman–Crippen LogP) is 1.52. The second-order valence-electron chi connectivity index (χ2n) is 3.59. The lowest BCUT2D eigenvalue weighted by atomic mass is 9.89. The highest BCUT2D eigenvalue weighted by Crippen LogP contribution is 2.20. The van der Waals surface area contributed by atoms with Crippen molar-refractivity contribution < 1.29 is 5.11 Å². The molecule has 0 saturated carbocycles. The van der Waals surface area contributed by atoms with Crippen molar-refractivity contribution in [3.8, 4) is 0 Å². The van der Waals surface area contributed by atoms with Crippen molar-refractivity contribution in [2.45, 2.75) is 45.6 Å². The lowest BCUT2D eigenvalue weighted by Gasteiger charge is -2.25. The SMILES string of the molecule is CCC(CC)CC(C)(O)CN. The fourth-order valence-corrected chi connectivity index (χ4v) is 1.28. The Labute approximate surface area is 69.8 Å². The lowest BCUT2D eigenvalue weighted by Crippen LogP contribution is -2.36. The fourth-order valence-electron chi connectivity index (χ4n) is 1.28. The minimum Gasteiger partial charge on any atom is -0.389 e. The van der Waals surface area contributed by atoms with Crippen LogP contribution in [0.2, 0.25) is 0 Å². The first-order chi connectivity index (χ1) is 5.05. The Kier molecular flexibility index (Phi) is 4.69. The molecule has 0 fully saturated rings. The smallest absolute Gasteiger partial charge is 0.0744 e. The molecule has 68 valence electrons. The van der Waals surface area contributed by atoms with Crippen molar-refractivity contribution in [2.24, 2.45) is 11.7 Å². The molecule has 0 aromatic carbocycles. The van der Waals surface area contributed by atoms with Gasteiger partial charge in [0.05, 0.1) is 5.60 Å². The van der Waals surface area contributed by atoms with Gasteiger partial charge in [0, 0.05) is 6.54 Å². The van der Waals surface area contributed by atoms with Crippen molar-refractivity contribution in [3.63, 3.8) is 0 Å². The van der Waals surface area contributed by atoms with Gasteiger partial charge in [0.2, 0.25) is 0 Å². The maximum Gasteiger partial charge on any atom is 0.0744 e. The monoisotopic (exact) mass is 159 g/mol. The molecule has 0 aromatic rings. The van der Waals surface area contributed by atoms with Crippen LogP contribution in [0.3, 0.4) is 0 Å². The molecule has 1 unspecified atom stereocenters. The molecule has 0 bridgehead atoms. The van der Waals surface area contributed by atoms with E-state index in [0.29, 0.717) is 12.5 Å². The average Bonchev–Trinajstić information content (AvgIpc) is 2.00. The molecule has 0 amide bonds. The standard InChI is InChI=1S/C9H21NO/c1-4-8(5-2)6-9(3,11)7-10/h8,11H,4-7,10H2,1-3H3. The highest BCUT2D eigenvalue weighted by Gasteiger charge is 2.21. The molecule has 0 aromatic heterocycles. The van der Waals surface area contributed by atoms with E-state index in [9.17, 15) is 5.11 Å². The van der Waals surface area contributed by atoms with Crippen LogP contribution in [0, 0.1) is 5.92 Å². The summed E-state index contributed by atoms with van der Waals surface area (Å²) in [6, 6.07) is 0. The van der Waals surface area contributed by atoms with Crippen LogP contribution in [0.4, 0.5) is 0 Å². The predicted molar refractivity (Wildman–Crippen MR) is 48.4 cm³/mol. The van der Waals surface area contributed by atoms with Gasteiger partial charge < -0.3 is 10.8 Å². The molecule has 0 heterocycles. The van der Waals surface area contributed by atoms with Gasteiger partial charge in [0.25, 0.3) is 0 Å². The molecular formula is C9H21NO. The highest BCUT2D eigenvalue weighted by atomic mass is 16.3. The van der Waals surface area contributed by atoms with Crippen LogP contribution in [-0.2, 0) is 0 Å². The molecule has 0 spiro atoms. The number of hydrogen-bond donors (Lipinski definition) is 2. The molecule has 0 saturated heterocycles. The van der Waals surface area contributed by atoms with E-state index in [1.165, 1.54) is 0 Å². The zero-order valence-electron chi connectivity index (χ0n) is 7.93. The van der Waals surface area contributed by atoms with E-state index < -0.39 is 5.60 Å². The summed E-state index contributed by atoms with van der Waals surface area (Å²) in [5.41, 5.74) is 4.76. The first kappa shape index (κ1) is 10.9. The van der Waals surface area contributed by atoms with Crippen LogP contribution in [0.1, 0.15) is 40.0 Å². The van der Waals surface area contributed by atoms with Gasteiger partial charge in [-0.2, -0.15) is 0 Å². The summed E-state index contributed by atoms with van der Waals surface area (Å²) in [4.78, 5) is 0. The summed E-state index contributed by atoms with van der Waals surface area (Å²) in [6.07, 6.45) is 3.09. The normalized spacial score (nSPS) is 16.9. The zero-order valence-corrected chi connectivity index (χ0v) is 7.93. The van der Waals surface area contributed by atoms with Crippen molar-refractivity contribution in [2.75, 3.05) is 6.54 Å². The van der Waals surface area contributed by atoms with Gasteiger partial charge >= 0.3 is 0 Å². The lowest BCUT2D eigenvalue weighted by molar-refractivity contribution is 0.0409. The molecule has 0 aliphatic rings. The van der Waals surface area contributed by atoms with E-state index in [1.807, 2.05) is 6.92 Å². The summed E-state index contributed by atoms with van der Waals surface area (Å²) in [5.74, 6) is 0.619. The summed E-state index contributed by atoms with van der Waals surface area (Å²) in [6.45, 7) is 6.48. The second kappa shape index (κ2) is 4.73. The Morgan fingerprint density at radius 3 is 2.09 bits per heavy atom. The van der Waals surface area contributed by atoms with Crippen LogP contribution < -0.4 is 5.73 Å². The highest BCUT2D eigenvalue weighted by molar-refractivity contribution is 4.76. The maximum atomic E-state index is 9.63. The molecule has 1 atom stereocenters. The van der Waals surface area contributed by atoms with E-state index >= 15 is 0 Å². The van der Waals surface area contributed by atoms with Crippen LogP contribution in [0.15, 0.2) is 0 Å². The molecule has 0 aliphatic carbocycles. The number of rotatable bonds is 5. The minimum absolute atomic E-state index is 0.365. The third kappa shape index (κ3) is 4.38. The summed E-state index contributed by atoms with van der Waals surface area (Å²) in [5, 5.41) is 9.63. The van der Waals surface area contributed by atoms with Gasteiger partial charge in [-0.25, -0.2) is 0 Å². The van der Waals surface area contributed by atoms with E-state index in [1.54, 1.807) is 0 Å². The van der Waals surface area contributed by atoms with E-state index in [-0.39, 0.29) is 0 Å². The van der Waals surface area contributed by atoms with Crippen molar-refractivity contribution in [1.82, 2.24) is 0 Å². The Balaban J connectivity index is 3.79. The fraction of sp³-hybridized carbons (Fsp3) is 1.00. The summed E-state index contributed by atoms with van der Waals surface area (Å²) >= 11 is 0. The third-order valence-electron chi connectivity index (χ3n) is 2.32. The quantitative estimate of drug-likeness (QED) is 0.639. The first-order valence-electron chi connectivity index (χ1n) is 4.48. The topological polar surface area (TPSA) is 46.2 Å². The Morgan fingerprint density at radius 1 is 1.36 bits per heavy atom. The Morgan fingerprint density at radius 2 is 1.82 bits per heavy atom. The molecule has 3 N–H and O–H groups in total. The number of aliphatic hydroxyl groups is 1. The van der Waals surface area contributed by atoms with Crippen molar-refractivity contribution >= 4 is 0 Å². The molecule has 0 aliphatic heterocycles. The molecule has 0 rings (SSSR count). The Hall–Kier alpha value is -0.0800. The van der Waals surface area contributed by atoms with Crippen LogP contribution >= 0.6 is 0 Å². The van der Waals surface area contributed by atoms with Crippen LogP contribution in [0.5, 0.6) is 0 Å². The first-order valence-corrected chi connectivity index (χ1v) is 4.48. The van der Waals surface area contributed by atoms with Gasteiger partial charge in [-0.05, 0) is 19.3 Å². The second-order valence-corrected chi connectivity index (χ2v) is 3.59. The molecule has 11 heavy (non-hydrogen) atoms. The number of nitrogens with two attached hydrogens (primary N) is 1. The number of hydrogen-bond acceptors (Lipinski definition) is 2. The third-order valence-corrected chi connectivity index (χ3v) is 2.32. The van der Waals surface area contributed by atoms with Gasteiger partial charge in [0.1, 0.15) is 0 Å². The summed E-state index contributed by atoms with van der Waals surface area (Å²) in [7, 11) is 0.